The molecule has 2 aliphatic rings. The average molecular weight is 282 g/mol. The topological polar surface area (TPSA) is 78.4 Å². The van der Waals surface area contributed by atoms with Crippen molar-refractivity contribution in [3.05, 3.63) is 0 Å². The SMILES string of the molecule is CC(NC(=O)NC(CC(=O)O)C1CC1)C1CCCCC1. The number of hydrogen-bond donors (Lipinski definition) is 3. The fraction of sp³-hybridized carbons (Fsp3) is 0.867. The van der Waals surface area contributed by atoms with Gasteiger partial charge in [-0.15, -0.1) is 0 Å². The van der Waals surface area contributed by atoms with E-state index in [1.807, 2.05) is 0 Å². The van der Waals surface area contributed by atoms with Crippen LogP contribution in [0.2, 0.25) is 0 Å². The number of carbonyl (C=O) groups is 2. The van der Waals surface area contributed by atoms with Crippen LogP contribution in [0.15, 0.2) is 0 Å². The van der Waals surface area contributed by atoms with Crippen LogP contribution in [0.3, 0.4) is 0 Å². The Hall–Kier alpha value is -1.26. The van der Waals surface area contributed by atoms with Gasteiger partial charge in [0.1, 0.15) is 0 Å². The van der Waals surface area contributed by atoms with Gasteiger partial charge in [-0.3, -0.25) is 4.79 Å². The molecule has 0 aromatic heterocycles. The first kappa shape index (κ1) is 15.1. The van der Waals surface area contributed by atoms with E-state index in [9.17, 15) is 9.59 Å². The van der Waals surface area contributed by atoms with E-state index in [0.29, 0.717) is 11.8 Å². The molecule has 0 heterocycles. The highest BCUT2D eigenvalue weighted by Gasteiger charge is 2.34. The minimum Gasteiger partial charge on any atom is -0.481 e. The number of aliphatic carboxylic acids is 1. The fourth-order valence-corrected chi connectivity index (χ4v) is 3.19. The van der Waals surface area contributed by atoms with Crippen LogP contribution >= 0.6 is 0 Å². The zero-order chi connectivity index (χ0) is 14.5. The average Bonchev–Trinajstić information content (AvgIpc) is 3.22. The van der Waals surface area contributed by atoms with Gasteiger partial charge in [0.05, 0.1) is 6.42 Å². The Labute approximate surface area is 120 Å². The van der Waals surface area contributed by atoms with E-state index in [-0.39, 0.29) is 24.5 Å². The molecule has 2 fully saturated rings. The van der Waals surface area contributed by atoms with E-state index in [1.54, 1.807) is 0 Å². The smallest absolute Gasteiger partial charge is 0.315 e. The van der Waals surface area contributed by atoms with E-state index >= 15 is 0 Å². The zero-order valence-electron chi connectivity index (χ0n) is 12.2. The van der Waals surface area contributed by atoms with Gasteiger partial charge in [0.25, 0.3) is 0 Å². The molecule has 0 aliphatic heterocycles. The quantitative estimate of drug-likeness (QED) is 0.700. The number of amides is 2. The monoisotopic (exact) mass is 282 g/mol. The minimum absolute atomic E-state index is 0.0237. The van der Waals surface area contributed by atoms with Gasteiger partial charge >= 0.3 is 12.0 Å². The van der Waals surface area contributed by atoms with E-state index in [0.717, 1.165) is 12.8 Å². The predicted octanol–water partition coefficient (Wildman–Crippen LogP) is 2.51. The molecule has 3 N–H and O–H groups in total. The van der Waals surface area contributed by atoms with Crippen molar-refractivity contribution in [3.63, 3.8) is 0 Å². The summed E-state index contributed by atoms with van der Waals surface area (Å²) >= 11 is 0. The van der Waals surface area contributed by atoms with Crippen molar-refractivity contribution >= 4 is 12.0 Å². The molecule has 0 aromatic rings. The first-order chi connectivity index (χ1) is 9.56. The molecule has 2 aliphatic carbocycles. The molecule has 2 saturated carbocycles. The third kappa shape index (κ3) is 4.69. The summed E-state index contributed by atoms with van der Waals surface area (Å²) in [6.07, 6.45) is 8.25. The van der Waals surface area contributed by atoms with Crippen molar-refractivity contribution in [3.8, 4) is 0 Å². The number of carboxylic acids is 1. The summed E-state index contributed by atoms with van der Waals surface area (Å²) in [5.74, 6) is 0.0673. The summed E-state index contributed by atoms with van der Waals surface area (Å²) in [6.45, 7) is 2.05. The standard InChI is InChI=1S/C15H26N2O3/c1-10(11-5-3-2-4-6-11)16-15(20)17-13(9-14(18)19)12-7-8-12/h10-13H,2-9H2,1H3,(H,18,19)(H2,16,17,20). The van der Waals surface area contributed by atoms with Gasteiger partial charge in [0, 0.05) is 12.1 Å². The van der Waals surface area contributed by atoms with Gasteiger partial charge in [0.15, 0.2) is 0 Å². The Morgan fingerprint density at radius 1 is 1.05 bits per heavy atom. The maximum atomic E-state index is 12.0. The highest BCUT2D eigenvalue weighted by atomic mass is 16.4. The molecule has 0 radical (unpaired) electrons. The molecule has 5 heteroatoms. The van der Waals surface area contributed by atoms with E-state index in [1.165, 1.54) is 32.1 Å². The molecule has 0 bridgehead atoms. The van der Waals surface area contributed by atoms with Crippen LogP contribution in [0, 0.1) is 11.8 Å². The van der Waals surface area contributed by atoms with Crippen LogP contribution < -0.4 is 10.6 Å². The van der Waals surface area contributed by atoms with Crippen molar-refractivity contribution in [2.45, 2.75) is 70.4 Å². The molecule has 2 unspecified atom stereocenters. The number of urea groups is 1. The molecule has 0 aromatic carbocycles. The highest BCUT2D eigenvalue weighted by molar-refractivity contribution is 5.76. The summed E-state index contributed by atoms with van der Waals surface area (Å²) in [5, 5.41) is 14.7. The molecule has 2 amide bonds. The van der Waals surface area contributed by atoms with Crippen LogP contribution in [0.1, 0.15) is 58.3 Å². The number of carboxylic acid groups (broad SMARTS) is 1. The van der Waals surface area contributed by atoms with Gasteiger partial charge in [-0.1, -0.05) is 19.3 Å². The maximum Gasteiger partial charge on any atom is 0.315 e. The Morgan fingerprint density at radius 3 is 2.25 bits per heavy atom. The van der Waals surface area contributed by atoms with Crippen molar-refractivity contribution in [1.29, 1.82) is 0 Å². The minimum atomic E-state index is -0.845. The molecule has 114 valence electrons. The van der Waals surface area contributed by atoms with Gasteiger partial charge < -0.3 is 15.7 Å². The highest BCUT2D eigenvalue weighted by Crippen LogP contribution is 2.34. The lowest BCUT2D eigenvalue weighted by atomic mass is 9.84. The zero-order valence-corrected chi connectivity index (χ0v) is 12.2. The lowest BCUT2D eigenvalue weighted by Gasteiger charge is -2.29. The van der Waals surface area contributed by atoms with Crippen LogP contribution in [0.25, 0.3) is 0 Å². The van der Waals surface area contributed by atoms with Gasteiger partial charge in [-0.25, -0.2) is 4.79 Å². The first-order valence-electron chi connectivity index (χ1n) is 7.85. The molecule has 20 heavy (non-hydrogen) atoms. The van der Waals surface area contributed by atoms with Crippen LogP contribution in [0.4, 0.5) is 4.79 Å². The third-order valence-electron chi connectivity index (χ3n) is 4.62. The first-order valence-corrected chi connectivity index (χ1v) is 7.85. The van der Waals surface area contributed by atoms with Crippen LogP contribution in [-0.2, 0) is 4.79 Å². The molecule has 2 rings (SSSR count). The van der Waals surface area contributed by atoms with Crippen molar-refractivity contribution < 1.29 is 14.7 Å². The lowest BCUT2D eigenvalue weighted by Crippen LogP contribution is -2.49. The molecular weight excluding hydrogens is 256 g/mol. The Bertz CT molecular complexity index is 349. The summed E-state index contributed by atoms with van der Waals surface area (Å²) in [4.78, 5) is 22.8. The molecular formula is C15H26N2O3. The summed E-state index contributed by atoms with van der Waals surface area (Å²) in [7, 11) is 0. The number of carbonyl (C=O) groups excluding carboxylic acids is 1. The van der Waals surface area contributed by atoms with Crippen LogP contribution in [-0.4, -0.2) is 29.2 Å². The second-order valence-corrected chi connectivity index (χ2v) is 6.35. The van der Waals surface area contributed by atoms with Gasteiger partial charge in [0.2, 0.25) is 0 Å². The van der Waals surface area contributed by atoms with Crippen molar-refractivity contribution in [1.82, 2.24) is 10.6 Å². The summed E-state index contributed by atoms with van der Waals surface area (Å²) in [5.41, 5.74) is 0. The largest absolute Gasteiger partial charge is 0.481 e. The Balaban J connectivity index is 1.76. The third-order valence-corrected chi connectivity index (χ3v) is 4.62. The van der Waals surface area contributed by atoms with E-state index in [4.69, 9.17) is 5.11 Å². The summed E-state index contributed by atoms with van der Waals surface area (Å²) < 4.78 is 0. The summed E-state index contributed by atoms with van der Waals surface area (Å²) in [6, 6.07) is -0.257. The van der Waals surface area contributed by atoms with Crippen molar-refractivity contribution in [2.24, 2.45) is 11.8 Å². The number of rotatable bonds is 6. The molecule has 5 nitrogen and oxygen atoms in total. The second-order valence-electron chi connectivity index (χ2n) is 6.35. The Morgan fingerprint density at radius 2 is 1.70 bits per heavy atom. The van der Waals surface area contributed by atoms with Crippen molar-refractivity contribution in [2.75, 3.05) is 0 Å². The second kappa shape index (κ2) is 6.95. The van der Waals surface area contributed by atoms with Gasteiger partial charge in [-0.05, 0) is 44.4 Å². The normalized spacial score (nSPS) is 22.9. The fourth-order valence-electron chi connectivity index (χ4n) is 3.19. The molecule has 0 spiro atoms. The molecule has 0 saturated heterocycles. The Kier molecular flexibility index (Phi) is 5.26. The van der Waals surface area contributed by atoms with Gasteiger partial charge in [-0.2, -0.15) is 0 Å². The van der Waals surface area contributed by atoms with Crippen LogP contribution in [0.5, 0.6) is 0 Å². The lowest BCUT2D eigenvalue weighted by molar-refractivity contribution is -0.137. The maximum absolute atomic E-state index is 12.0. The number of hydrogen-bond acceptors (Lipinski definition) is 2. The molecule has 2 atom stereocenters. The number of nitrogens with one attached hydrogen (secondary N) is 2. The van der Waals surface area contributed by atoms with E-state index < -0.39 is 5.97 Å². The predicted molar refractivity (Wildman–Crippen MR) is 76.5 cm³/mol. The van der Waals surface area contributed by atoms with E-state index in [2.05, 4.69) is 17.6 Å².